The lowest BCUT2D eigenvalue weighted by Crippen LogP contribution is -2.38. The van der Waals surface area contributed by atoms with E-state index in [-0.39, 0.29) is 18.1 Å². The summed E-state index contributed by atoms with van der Waals surface area (Å²) in [4.78, 5) is 12.0. The molecule has 18 heavy (non-hydrogen) atoms. The molecule has 2 rings (SSSR count). The second kappa shape index (κ2) is 5.11. The normalized spacial score (nSPS) is 23.9. The summed E-state index contributed by atoms with van der Waals surface area (Å²) in [5.74, 6) is -0.138. The Hall–Kier alpha value is -1.35. The van der Waals surface area contributed by atoms with Gasteiger partial charge in [0.2, 0.25) is 0 Å². The molecule has 0 radical (unpaired) electrons. The fourth-order valence-electron chi connectivity index (χ4n) is 2.25. The topological polar surface area (TPSA) is 38.3 Å². The van der Waals surface area contributed by atoms with Crippen molar-refractivity contribution >= 4 is 5.97 Å². The molecular formula is C15H21NO2. The highest BCUT2D eigenvalue weighted by atomic mass is 16.6. The van der Waals surface area contributed by atoms with Crippen LogP contribution in [0.4, 0.5) is 0 Å². The lowest BCUT2D eigenvalue weighted by Gasteiger charge is -2.22. The molecule has 1 N–H and O–H groups in total. The summed E-state index contributed by atoms with van der Waals surface area (Å²) < 4.78 is 5.40. The molecule has 1 unspecified atom stereocenters. The molecular weight excluding hydrogens is 226 g/mol. The van der Waals surface area contributed by atoms with Crippen molar-refractivity contribution in [2.75, 3.05) is 0 Å². The molecule has 1 aromatic carbocycles. The average molecular weight is 247 g/mol. The maximum absolute atomic E-state index is 12.0. The standard InChI is InChI=1S/C15H21NO2/c1-15(2,3)18-14(17)13-10-9-12(16-13)11-7-5-4-6-8-11/h4-8,12-13,16H,9-10H2,1-3H3/t12?,13-/m0/s1. The first-order valence-electron chi connectivity index (χ1n) is 6.49. The van der Waals surface area contributed by atoms with E-state index in [4.69, 9.17) is 4.74 Å². The number of nitrogens with one attached hydrogen (secondary N) is 1. The highest BCUT2D eigenvalue weighted by Crippen LogP contribution is 2.27. The van der Waals surface area contributed by atoms with Gasteiger partial charge in [0.25, 0.3) is 0 Å². The van der Waals surface area contributed by atoms with Crippen LogP contribution >= 0.6 is 0 Å². The van der Waals surface area contributed by atoms with Crippen molar-refractivity contribution in [2.24, 2.45) is 0 Å². The fraction of sp³-hybridized carbons (Fsp3) is 0.533. The second-order valence-electron chi connectivity index (χ2n) is 5.79. The summed E-state index contributed by atoms with van der Waals surface area (Å²) in [6, 6.07) is 10.3. The minimum Gasteiger partial charge on any atom is -0.459 e. The molecule has 3 nitrogen and oxygen atoms in total. The zero-order chi connectivity index (χ0) is 13.2. The molecule has 1 saturated heterocycles. The van der Waals surface area contributed by atoms with Crippen LogP contribution in [0.2, 0.25) is 0 Å². The lowest BCUT2D eigenvalue weighted by atomic mass is 10.1. The van der Waals surface area contributed by atoms with Crippen LogP contribution in [0.1, 0.15) is 45.2 Å². The Balaban J connectivity index is 1.95. The van der Waals surface area contributed by atoms with Crippen LogP contribution < -0.4 is 5.32 Å². The van der Waals surface area contributed by atoms with Gasteiger partial charge in [-0.05, 0) is 39.2 Å². The molecule has 0 spiro atoms. The zero-order valence-corrected chi connectivity index (χ0v) is 11.3. The Kier molecular flexibility index (Phi) is 3.71. The van der Waals surface area contributed by atoms with Crippen LogP contribution in [0.5, 0.6) is 0 Å². The highest BCUT2D eigenvalue weighted by Gasteiger charge is 2.32. The first kappa shape index (κ1) is 13.1. The van der Waals surface area contributed by atoms with Crippen LogP contribution in [0.3, 0.4) is 0 Å². The second-order valence-corrected chi connectivity index (χ2v) is 5.79. The van der Waals surface area contributed by atoms with Crippen LogP contribution in [0.15, 0.2) is 30.3 Å². The number of esters is 1. The summed E-state index contributed by atoms with van der Waals surface area (Å²) >= 11 is 0. The molecule has 2 atom stereocenters. The van der Waals surface area contributed by atoms with Gasteiger partial charge in [-0.15, -0.1) is 0 Å². The van der Waals surface area contributed by atoms with Crippen LogP contribution in [-0.4, -0.2) is 17.6 Å². The molecule has 0 amide bonds. The molecule has 1 fully saturated rings. The van der Waals surface area contributed by atoms with Gasteiger partial charge in [0.1, 0.15) is 11.6 Å². The molecule has 1 aliphatic heterocycles. The summed E-state index contributed by atoms with van der Waals surface area (Å²) in [5, 5.41) is 3.36. The first-order chi connectivity index (χ1) is 8.46. The summed E-state index contributed by atoms with van der Waals surface area (Å²) in [6.45, 7) is 5.69. The van der Waals surface area contributed by atoms with Gasteiger partial charge in [-0.1, -0.05) is 30.3 Å². The fourth-order valence-corrected chi connectivity index (χ4v) is 2.25. The summed E-state index contributed by atoms with van der Waals surface area (Å²) in [5.41, 5.74) is 0.826. The summed E-state index contributed by atoms with van der Waals surface area (Å²) in [7, 11) is 0. The Morgan fingerprint density at radius 2 is 1.89 bits per heavy atom. The predicted molar refractivity (Wildman–Crippen MR) is 71.2 cm³/mol. The van der Waals surface area contributed by atoms with Crippen molar-refractivity contribution in [1.82, 2.24) is 5.32 Å². The van der Waals surface area contributed by atoms with Crippen molar-refractivity contribution < 1.29 is 9.53 Å². The molecule has 0 bridgehead atoms. The first-order valence-corrected chi connectivity index (χ1v) is 6.49. The SMILES string of the molecule is CC(C)(C)OC(=O)[C@@H]1CCC(c2ccccc2)N1. The van der Waals surface area contributed by atoms with Crippen molar-refractivity contribution in [3.63, 3.8) is 0 Å². The van der Waals surface area contributed by atoms with Gasteiger partial charge in [-0.25, -0.2) is 0 Å². The van der Waals surface area contributed by atoms with Crippen molar-refractivity contribution in [2.45, 2.75) is 51.3 Å². The monoisotopic (exact) mass is 247 g/mol. The number of hydrogen-bond donors (Lipinski definition) is 1. The van der Waals surface area contributed by atoms with Crippen LogP contribution in [-0.2, 0) is 9.53 Å². The number of carbonyl (C=O) groups excluding carboxylic acids is 1. The van der Waals surface area contributed by atoms with Crippen molar-refractivity contribution in [3.8, 4) is 0 Å². The average Bonchev–Trinajstić information content (AvgIpc) is 2.77. The van der Waals surface area contributed by atoms with Gasteiger partial charge < -0.3 is 4.74 Å². The summed E-state index contributed by atoms with van der Waals surface area (Å²) in [6.07, 6.45) is 1.82. The maximum atomic E-state index is 12.0. The van der Waals surface area contributed by atoms with E-state index in [9.17, 15) is 4.79 Å². The van der Waals surface area contributed by atoms with Gasteiger partial charge in [0.05, 0.1) is 0 Å². The predicted octanol–water partition coefficient (Wildman–Crippen LogP) is 2.82. The van der Waals surface area contributed by atoms with Crippen LogP contribution in [0, 0.1) is 0 Å². The third-order valence-corrected chi connectivity index (χ3v) is 3.04. The molecule has 1 heterocycles. The maximum Gasteiger partial charge on any atom is 0.323 e. The van der Waals surface area contributed by atoms with E-state index in [0.29, 0.717) is 0 Å². The van der Waals surface area contributed by atoms with E-state index in [2.05, 4.69) is 17.4 Å². The number of benzene rings is 1. The lowest BCUT2D eigenvalue weighted by molar-refractivity contribution is -0.157. The zero-order valence-electron chi connectivity index (χ0n) is 11.3. The highest BCUT2D eigenvalue weighted by molar-refractivity contribution is 5.76. The van der Waals surface area contributed by atoms with Crippen molar-refractivity contribution in [3.05, 3.63) is 35.9 Å². The van der Waals surface area contributed by atoms with E-state index in [0.717, 1.165) is 12.8 Å². The smallest absolute Gasteiger partial charge is 0.323 e. The molecule has 0 saturated carbocycles. The Labute approximate surface area is 109 Å². The van der Waals surface area contributed by atoms with Gasteiger partial charge in [0, 0.05) is 6.04 Å². The number of hydrogen-bond acceptors (Lipinski definition) is 3. The molecule has 0 aromatic heterocycles. The van der Waals surface area contributed by atoms with E-state index >= 15 is 0 Å². The van der Waals surface area contributed by atoms with Gasteiger partial charge in [-0.3, -0.25) is 10.1 Å². The molecule has 1 aromatic rings. The van der Waals surface area contributed by atoms with E-state index in [1.165, 1.54) is 5.56 Å². The van der Waals surface area contributed by atoms with Crippen LogP contribution in [0.25, 0.3) is 0 Å². The molecule has 3 heteroatoms. The number of rotatable bonds is 2. The van der Waals surface area contributed by atoms with E-state index < -0.39 is 5.60 Å². The molecule has 0 aliphatic carbocycles. The van der Waals surface area contributed by atoms with E-state index in [1.54, 1.807) is 0 Å². The van der Waals surface area contributed by atoms with Crippen molar-refractivity contribution in [1.29, 1.82) is 0 Å². The third kappa shape index (κ3) is 3.33. The number of ether oxygens (including phenoxy) is 1. The van der Waals surface area contributed by atoms with E-state index in [1.807, 2.05) is 39.0 Å². The third-order valence-electron chi connectivity index (χ3n) is 3.04. The van der Waals surface area contributed by atoms with Gasteiger partial charge in [-0.2, -0.15) is 0 Å². The Morgan fingerprint density at radius 3 is 2.50 bits per heavy atom. The Morgan fingerprint density at radius 1 is 1.22 bits per heavy atom. The molecule has 98 valence electrons. The van der Waals surface area contributed by atoms with Gasteiger partial charge >= 0.3 is 5.97 Å². The minimum absolute atomic E-state index is 0.138. The Bertz CT molecular complexity index is 408. The minimum atomic E-state index is -0.413. The molecule has 1 aliphatic rings. The quantitative estimate of drug-likeness (QED) is 0.817. The number of carbonyl (C=O) groups is 1. The van der Waals surface area contributed by atoms with Gasteiger partial charge in [0.15, 0.2) is 0 Å². The largest absolute Gasteiger partial charge is 0.459 e.